The van der Waals surface area contributed by atoms with Gasteiger partial charge in [-0.15, -0.1) is 0 Å². The van der Waals surface area contributed by atoms with E-state index in [2.05, 4.69) is 221 Å². The Bertz CT molecular complexity index is 3280. The zero-order valence-corrected chi connectivity index (χ0v) is 37.0. The van der Waals surface area contributed by atoms with Crippen LogP contribution in [0.1, 0.15) is 76.3 Å². The lowest BCUT2D eigenvalue weighted by Crippen LogP contribution is -2.26. The van der Waals surface area contributed by atoms with Crippen LogP contribution in [0.2, 0.25) is 0 Å². The molecule has 308 valence electrons. The van der Waals surface area contributed by atoms with E-state index in [0.29, 0.717) is 6.67 Å². The molecule has 7 aromatic carbocycles. The molecular formula is C58H50N4O. The molecule has 0 spiro atoms. The Morgan fingerprint density at radius 3 is 1.83 bits per heavy atom. The molecule has 9 aromatic rings. The normalized spacial score (nSPS) is 15.3. The van der Waals surface area contributed by atoms with Crippen LogP contribution in [0.5, 0.6) is 11.5 Å². The first-order valence-electron chi connectivity index (χ1n) is 22.2. The predicted molar refractivity (Wildman–Crippen MR) is 261 cm³/mol. The van der Waals surface area contributed by atoms with Gasteiger partial charge in [-0.25, -0.2) is 4.98 Å². The molecule has 5 heteroatoms. The van der Waals surface area contributed by atoms with Crippen molar-refractivity contribution in [3.63, 3.8) is 0 Å². The lowest BCUT2D eigenvalue weighted by molar-refractivity contribution is 0.483. The number of pyridine rings is 1. The summed E-state index contributed by atoms with van der Waals surface area (Å²) < 4.78 is 9.09. The van der Waals surface area contributed by atoms with Crippen molar-refractivity contribution in [2.75, 3.05) is 16.5 Å². The van der Waals surface area contributed by atoms with Crippen LogP contribution in [-0.4, -0.2) is 16.2 Å². The van der Waals surface area contributed by atoms with Crippen molar-refractivity contribution in [2.24, 2.45) is 0 Å². The van der Waals surface area contributed by atoms with Gasteiger partial charge in [0.15, 0.2) is 0 Å². The number of hydrogen-bond donors (Lipinski definition) is 0. The van der Waals surface area contributed by atoms with Crippen LogP contribution in [0.25, 0.3) is 49.9 Å². The second-order valence-corrected chi connectivity index (χ2v) is 19.7. The van der Waals surface area contributed by atoms with E-state index in [0.717, 1.165) is 34.0 Å². The van der Waals surface area contributed by atoms with Crippen molar-refractivity contribution in [2.45, 2.75) is 64.7 Å². The zero-order valence-electron chi connectivity index (χ0n) is 37.0. The molecule has 3 aliphatic rings. The Balaban J connectivity index is 0.966. The van der Waals surface area contributed by atoms with Gasteiger partial charge in [0.25, 0.3) is 0 Å². The maximum atomic E-state index is 6.82. The van der Waals surface area contributed by atoms with Gasteiger partial charge in [0.2, 0.25) is 0 Å². The number of aromatic nitrogens is 2. The van der Waals surface area contributed by atoms with Crippen molar-refractivity contribution >= 4 is 44.6 Å². The fraction of sp³-hybridized carbons (Fsp3) is 0.190. The van der Waals surface area contributed by atoms with Gasteiger partial charge in [0, 0.05) is 56.7 Å². The molecule has 0 unspecified atom stereocenters. The second-order valence-electron chi connectivity index (χ2n) is 19.7. The van der Waals surface area contributed by atoms with E-state index < -0.39 is 0 Å². The van der Waals surface area contributed by atoms with E-state index in [-0.39, 0.29) is 16.2 Å². The Labute approximate surface area is 369 Å². The molecule has 0 saturated carbocycles. The lowest BCUT2D eigenvalue weighted by Gasteiger charge is -2.30. The Kier molecular flexibility index (Phi) is 7.89. The maximum Gasteiger partial charge on any atom is 0.137 e. The third-order valence-electron chi connectivity index (χ3n) is 14.3. The molecule has 12 rings (SSSR count). The molecule has 2 aliphatic carbocycles. The van der Waals surface area contributed by atoms with E-state index in [1.165, 1.54) is 77.9 Å². The third kappa shape index (κ3) is 5.45. The summed E-state index contributed by atoms with van der Waals surface area (Å²) in [6.07, 6.45) is 1.93. The number of rotatable bonds is 5. The monoisotopic (exact) mass is 818 g/mol. The summed E-state index contributed by atoms with van der Waals surface area (Å²) in [6.45, 7) is 17.0. The molecule has 0 fully saturated rings. The summed E-state index contributed by atoms with van der Waals surface area (Å²) in [5.74, 6) is 2.46. The molecule has 0 amide bonds. The van der Waals surface area contributed by atoms with Gasteiger partial charge in [-0.3, -0.25) is 4.57 Å². The number of ether oxygens (including phenoxy) is 1. The fourth-order valence-electron chi connectivity index (χ4n) is 11.0. The summed E-state index contributed by atoms with van der Waals surface area (Å²) in [7, 11) is 0. The molecule has 5 nitrogen and oxygen atoms in total. The van der Waals surface area contributed by atoms with Crippen LogP contribution < -0.4 is 14.5 Å². The topological polar surface area (TPSA) is 33.5 Å². The van der Waals surface area contributed by atoms with Crippen LogP contribution in [0.3, 0.4) is 0 Å². The number of para-hydroxylation sites is 3. The highest BCUT2D eigenvalue weighted by Gasteiger charge is 2.46. The van der Waals surface area contributed by atoms with E-state index >= 15 is 0 Å². The molecule has 0 N–H and O–H groups in total. The fourth-order valence-corrected chi connectivity index (χ4v) is 11.0. The largest absolute Gasteiger partial charge is 0.457 e. The average Bonchev–Trinajstić information content (AvgIpc) is 3.97. The van der Waals surface area contributed by atoms with Gasteiger partial charge in [-0.2, -0.15) is 0 Å². The van der Waals surface area contributed by atoms with Gasteiger partial charge in [-0.1, -0.05) is 139 Å². The van der Waals surface area contributed by atoms with Crippen LogP contribution in [0, 0.1) is 0 Å². The molecule has 0 bridgehead atoms. The first kappa shape index (κ1) is 37.6. The third-order valence-corrected chi connectivity index (χ3v) is 14.3. The van der Waals surface area contributed by atoms with Crippen LogP contribution in [0.15, 0.2) is 164 Å². The van der Waals surface area contributed by atoms with Crippen molar-refractivity contribution in [1.82, 2.24) is 9.55 Å². The first-order chi connectivity index (χ1) is 30.4. The summed E-state index contributed by atoms with van der Waals surface area (Å²) in [5, 5.41) is 2.36. The van der Waals surface area contributed by atoms with Gasteiger partial charge in [0.1, 0.15) is 24.0 Å². The molecule has 1 aliphatic heterocycles. The molecule has 2 aromatic heterocycles. The SMILES string of the molecule is CC(C)(C)c1ccnc(-n2c3ccccc3c3ccc(Oc4cccc(N5CN(c6c7c(cc8c6-c6ccccc6C8(C)C)C(C)(C)c6ccccc6-7)c6ccccc65)c4)cc32)c1. The van der Waals surface area contributed by atoms with Crippen molar-refractivity contribution in [3.8, 4) is 39.6 Å². The number of benzene rings is 7. The molecule has 0 atom stereocenters. The van der Waals surface area contributed by atoms with Crippen LogP contribution in [-0.2, 0) is 16.2 Å². The number of anilines is 4. The average molecular weight is 819 g/mol. The highest BCUT2D eigenvalue weighted by molar-refractivity contribution is 6.10. The zero-order chi connectivity index (χ0) is 43.0. The van der Waals surface area contributed by atoms with Crippen LogP contribution in [0.4, 0.5) is 22.7 Å². The van der Waals surface area contributed by atoms with E-state index in [9.17, 15) is 0 Å². The summed E-state index contributed by atoms with van der Waals surface area (Å²) in [6, 6.07) is 57.5. The number of nitrogens with zero attached hydrogens (tertiary/aromatic N) is 4. The van der Waals surface area contributed by atoms with Gasteiger partial charge >= 0.3 is 0 Å². The molecule has 0 radical (unpaired) electrons. The maximum absolute atomic E-state index is 6.82. The smallest absolute Gasteiger partial charge is 0.137 e. The number of hydrogen-bond acceptors (Lipinski definition) is 4. The van der Waals surface area contributed by atoms with Gasteiger partial charge < -0.3 is 14.5 Å². The van der Waals surface area contributed by atoms with Gasteiger partial charge in [-0.05, 0) is 99.0 Å². The highest BCUT2D eigenvalue weighted by Crippen LogP contribution is 2.63. The summed E-state index contributed by atoms with van der Waals surface area (Å²) in [4.78, 5) is 9.93. The quantitative estimate of drug-likeness (QED) is 0.173. The molecule has 0 saturated heterocycles. The molecular weight excluding hydrogens is 769 g/mol. The summed E-state index contributed by atoms with van der Waals surface area (Å²) >= 11 is 0. The summed E-state index contributed by atoms with van der Waals surface area (Å²) in [5.41, 5.74) is 18.8. The van der Waals surface area contributed by atoms with Crippen molar-refractivity contribution in [3.05, 3.63) is 192 Å². The minimum Gasteiger partial charge on any atom is -0.457 e. The van der Waals surface area contributed by atoms with Gasteiger partial charge in [0.05, 0.1) is 28.1 Å². The Morgan fingerprint density at radius 1 is 0.524 bits per heavy atom. The number of fused-ring (bicyclic) bond motifs is 10. The van der Waals surface area contributed by atoms with Crippen molar-refractivity contribution < 1.29 is 4.74 Å². The van der Waals surface area contributed by atoms with E-state index in [1.54, 1.807) is 0 Å². The second kappa shape index (κ2) is 13.2. The standard InChI is InChI=1S/C58H50N4O/c1-56(2,3)36-29-30-59-52(31-36)62-48-24-13-10-19-40(48)41-28-27-39(33-51(41)62)63-38-18-16-17-37(32-38)60-35-61(50-26-15-14-25-49(50)60)55-53-42-20-8-11-22-44(42)57(4,5)46(53)34-47-54(55)43-21-9-12-23-45(43)58(47,6)7/h8-34H,35H2,1-7H3. The van der Waals surface area contributed by atoms with Crippen LogP contribution >= 0.6 is 0 Å². The Hall–Kier alpha value is -7.11. The van der Waals surface area contributed by atoms with Crippen molar-refractivity contribution in [1.29, 1.82) is 0 Å². The highest BCUT2D eigenvalue weighted by atomic mass is 16.5. The Morgan fingerprint density at radius 2 is 1.13 bits per heavy atom. The first-order valence-corrected chi connectivity index (χ1v) is 22.2. The lowest BCUT2D eigenvalue weighted by atomic mass is 9.77. The van der Waals surface area contributed by atoms with E-state index in [1.807, 2.05) is 6.20 Å². The predicted octanol–water partition coefficient (Wildman–Crippen LogP) is 15.1. The molecule has 3 heterocycles. The molecule has 63 heavy (non-hydrogen) atoms. The minimum atomic E-state index is -0.143. The minimum absolute atomic E-state index is 0.00549. The van der Waals surface area contributed by atoms with E-state index in [4.69, 9.17) is 9.72 Å².